The average Bonchev–Trinajstić information content (AvgIpc) is 3.12. The van der Waals surface area contributed by atoms with Crippen molar-refractivity contribution in [3.05, 3.63) is 95.7 Å². The predicted octanol–water partition coefficient (Wildman–Crippen LogP) is 4.60. The highest BCUT2D eigenvalue weighted by Crippen LogP contribution is 2.29. The standard InChI is InChI=1S/C24H19NO3S/c1-18-8-13-22(14-9-18)29(26,27)25-17-20(11-10-19-6-4-3-5-7-19)23-16-21(28-2)12-15-24(23)25/h3-9,12-17H,1-2H3. The van der Waals surface area contributed by atoms with Crippen molar-refractivity contribution in [1.29, 1.82) is 0 Å². The minimum absolute atomic E-state index is 0.235. The molecule has 0 saturated heterocycles. The molecule has 0 aliphatic rings. The van der Waals surface area contributed by atoms with E-state index in [1.54, 1.807) is 49.7 Å². The van der Waals surface area contributed by atoms with Crippen molar-refractivity contribution >= 4 is 20.9 Å². The minimum Gasteiger partial charge on any atom is -0.497 e. The van der Waals surface area contributed by atoms with Gasteiger partial charge in [0, 0.05) is 17.1 Å². The molecule has 0 radical (unpaired) electrons. The van der Waals surface area contributed by atoms with Gasteiger partial charge in [-0.3, -0.25) is 0 Å². The SMILES string of the molecule is COc1ccc2c(c1)c(C#Cc1ccccc1)cn2S(=O)(=O)c1ccc(C)cc1. The topological polar surface area (TPSA) is 48.3 Å². The van der Waals surface area contributed by atoms with Crippen molar-refractivity contribution in [2.75, 3.05) is 7.11 Å². The molecule has 0 saturated carbocycles. The van der Waals surface area contributed by atoms with Crippen LogP contribution in [0.2, 0.25) is 0 Å². The summed E-state index contributed by atoms with van der Waals surface area (Å²) in [6.45, 7) is 1.92. The lowest BCUT2D eigenvalue weighted by Gasteiger charge is -2.08. The van der Waals surface area contributed by atoms with Crippen LogP contribution < -0.4 is 4.74 Å². The Morgan fingerprint density at radius 3 is 2.31 bits per heavy atom. The van der Waals surface area contributed by atoms with Gasteiger partial charge < -0.3 is 4.74 Å². The van der Waals surface area contributed by atoms with Gasteiger partial charge in [-0.2, -0.15) is 0 Å². The van der Waals surface area contributed by atoms with Crippen LogP contribution in [0.25, 0.3) is 10.9 Å². The molecule has 3 aromatic carbocycles. The number of methoxy groups -OCH3 is 1. The van der Waals surface area contributed by atoms with Gasteiger partial charge in [0.1, 0.15) is 5.75 Å². The normalized spacial score (nSPS) is 11.1. The Hall–Kier alpha value is -3.49. The number of fused-ring (bicyclic) bond motifs is 1. The van der Waals surface area contributed by atoms with E-state index in [0.29, 0.717) is 16.8 Å². The number of rotatable bonds is 3. The van der Waals surface area contributed by atoms with Crippen LogP contribution >= 0.6 is 0 Å². The molecule has 0 N–H and O–H groups in total. The molecule has 1 heterocycles. The lowest BCUT2D eigenvalue weighted by atomic mass is 10.1. The third kappa shape index (κ3) is 3.63. The highest BCUT2D eigenvalue weighted by Gasteiger charge is 2.21. The van der Waals surface area contributed by atoms with Gasteiger partial charge in [-0.15, -0.1) is 0 Å². The summed E-state index contributed by atoms with van der Waals surface area (Å²) >= 11 is 0. The van der Waals surface area contributed by atoms with Gasteiger partial charge in [0.2, 0.25) is 0 Å². The maximum atomic E-state index is 13.3. The van der Waals surface area contributed by atoms with Crippen molar-refractivity contribution < 1.29 is 13.2 Å². The Bertz CT molecular complexity index is 1340. The molecule has 0 unspecified atom stereocenters. The van der Waals surface area contributed by atoms with E-state index in [1.165, 1.54) is 3.97 Å². The van der Waals surface area contributed by atoms with Crippen molar-refractivity contribution in [2.24, 2.45) is 0 Å². The molecular formula is C24H19NO3S. The van der Waals surface area contributed by atoms with Gasteiger partial charge in [-0.1, -0.05) is 47.7 Å². The maximum Gasteiger partial charge on any atom is 0.268 e. The van der Waals surface area contributed by atoms with Crippen molar-refractivity contribution in [3.63, 3.8) is 0 Å². The number of ether oxygens (including phenoxy) is 1. The molecule has 4 nitrogen and oxygen atoms in total. The summed E-state index contributed by atoms with van der Waals surface area (Å²) in [4.78, 5) is 0.235. The lowest BCUT2D eigenvalue weighted by molar-refractivity contribution is 0.415. The highest BCUT2D eigenvalue weighted by molar-refractivity contribution is 7.90. The molecule has 0 fully saturated rings. The summed E-state index contributed by atoms with van der Waals surface area (Å²) in [7, 11) is -2.18. The van der Waals surface area contributed by atoms with Crippen LogP contribution in [0.3, 0.4) is 0 Å². The highest BCUT2D eigenvalue weighted by atomic mass is 32.2. The van der Waals surface area contributed by atoms with E-state index in [-0.39, 0.29) is 4.90 Å². The summed E-state index contributed by atoms with van der Waals surface area (Å²) in [5, 5.41) is 0.725. The van der Waals surface area contributed by atoms with Gasteiger partial charge in [0.25, 0.3) is 10.0 Å². The number of benzene rings is 3. The molecule has 5 heteroatoms. The summed E-state index contributed by atoms with van der Waals surface area (Å²) in [6, 6.07) is 21.7. The molecule has 4 aromatic rings. The van der Waals surface area contributed by atoms with Crippen LogP contribution in [-0.2, 0) is 10.0 Å². The fourth-order valence-corrected chi connectivity index (χ4v) is 4.46. The predicted molar refractivity (Wildman–Crippen MR) is 115 cm³/mol. The van der Waals surface area contributed by atoms with Gasteiger partial charge in [0.05, 0.1) is 23.1 Å². The zero-order valence-corrected chi connectivity index (χ0v) is 16.9. The molecule has 0 amide bonds. The number of nitrogens with zero attached hydrogens (tertiary/aromatic N) is 1. The molecule has 0 atom stereocenters. The van der Waals surface area contributed by atoms with E-state index in [4.69, 9.17) is 4.74 Å². The molecule has 144 valence electrons. The van der Waals surface area contributed by atoms with Crippen LogP contribution in [0, 0.1) is 18.8 Å². The second-order valence-corrected chi connectivity index (χ2v) is 8.47. The largest absolute Gasteiger partial charge is 0.497 e. The fraction of sp³-hybridized carbons (Fsp3) is 0.0833. The molecular weight excluding hydrogens is 382 g/mol. The Morgan fingerprint density at radius 1 is 0.897 bits per heavy atom. The van der Waals surface area contributed by atoms with E-state index in [9.17, 15) is 8.42 Å². The Balaban J connectivity index is 1.92. The summed E-state index contributed by atoms with van der Waals surface area (Å²) in [5.74, 6) is 6.87. The van der Waals surface area contributed by atoms with Crippen LogP contribution in [0.15, 0.2) is 83.9 Å². The Morgan fingerprint density at radius 2 is 1.62 bits per heavy atom. The third-order valence-electron chi connectivity index (χ3n) is 4.67. The first-order valence-corrected chi connectivity index (χ1v) is 10.5. The molecule has 1 aromatic heterocycles. The monoisotopic (exact) mass is 401 g/mol. The number of aryl methyl sites for hydroxylation is 1. The van der Waals surface area contributed by atoms with E-state index < -0.39 is 10.0 Å². The van der Waals surface area contributed by atoms with Crippen molar-refractivity contribution in [1.82, 2.24) is 3.97 Å². The Labute approximate surface area is 170 Å². The molecule has 0 spiro atoms. The van der Waals surface area contributed by atoms with Crippen LogP contribution in [-0.4, -0.2) is 19.5 Å². The van der Waals surface area contributed by atoms with Crippen LogP contribution in [0.5, 0.6) is 5.75 Å². The van der Waals surface area contributed by atoms with Crippen molar-refractivity contribution in [3.8, 4) is 17.6 Å². The molecule has 29 heavy (non-hydrogen) atoms. The minimum atomic E-state index is -3.76. The first kappa shape index (κ1) is 18.9. The summed E-state index contributed by atoms with van der Waals surface area (Å²) < 4.78 is 33.2. The van der Waals surface area contributed by atoms with Gasteiger partial charge in [0.15, 0.2) is 0 Å². The smallest absolute Gasteiger partial charge is 0.268 e. The third-order valence-corrected chi connectivity index (χ3v) is 6.36. The van der Waals surface area contributed by atoms with E-state index in [1.807, 2.05) is 43.3 Å². The van der Waals surface area contributed by atoms with Crippen LogP contribution in [0.4, 0.5) is 0 Å². The number of hydrogen-bond acceptors (Lipinski definition) is 3. The molecule has 0 bridgehead atoms. The summed E-state index contributed by atoms with van der Waals surface area (Å²) in [6.07, 6.45) is 1.58. The number of hydrogen-bond donors (Lipinski definition) is 0. The first-order valence-electron chi connectivity index (χ1n) is 9.07. The molecule has 0 aliphatic heterocycles. The average molecular weight is 401 g/mol. The lowest BCUT2D eigenvalue weighted by Crippen LogP contribution is -2.11. The first-order chi connectivity index (χ1) is 14.0. The van der Waals surface area contributed by atoms with Crippen molar-refractivity contribution in [2.45, 2.75) is 11.8 Å². The van der Waals surface area contributed by atoms with Gasteiger partial charge in [-0.05, 0) is 49.4 Å². The van der Waals surface area contributed by atoms with Gasteiger partial charge >= 0.3 is 0 Å². The summed E-state index contributed by atoms with van der Waals surface area (Å²) in [5.41, 5.74) is 3.04. The fourth-order valence-electron chi connectivity index (χ4n) is 3.09. The second-order valence-electron chi connectivity index (χ2n) is 6.66. The van der Waals surface area contributed by atoms with Crippen LogP contribution in [0.1, 0.15) is 16.7 Å². The van der Waals surface area contributed by atoms with E-state index >= 15 is 0 Å². The molecule has 0 aliphatic carbocycles. The van der Waals surface area contributed by atoms with Gasteiger partial charge in [-0.25, -0.2) is 12.4 Å². The Kier molecular flexibility index (Phi) is 4.87. The number of aromatic nitrogens is 1. The van der Waals surface area contributed by atoms with E-state index in [0.717, 1.165) is 16.5 Å². The second kappa shape index (κ2) is 7.50. The van der Waals surface area contributed by atoms with E-state index in [2.05, 4.69) is 11.8 Å². The zero-order valence-electron chi connectivity index (χ0n) is 16.1. The maximum absolute atomic E-state index is 13.3. The molecule has 4 rings (SSSR count). The quantitative estimate of drug-likeness (QED) is 0.472. The zero-order chi connectivity index (χ0) is 20.4.